The van der Waals surface area contributed by atoms with Gasteiger partial charge in [-0.1, -0.05) is 11.6 Å². The minimum atomic E-state index is -1.02. The molecule has 1 aliphatic carbocycles. The van der Waals surface area contributed by atoms with Gasteiger partial charge < -0.3 is 19.6 Å². The van der Waals surface area contributed by atoms with Crippen molar-refractivity contribution >= 4 is 17.8 Å². The second-order valence-electron chi connectivity index (χ2n) is 7.78. The Morgan fingerprint density at radius 2 is 1.91 bits per heavy atom. The van der Waals surface area contributed by atoms with Crippen molar-refractivity contribution in [2.24, 2.45) is 17.0 Å². The van der Waals surface area contributed by atoms with Crippen LogP contribution < -0.4 is 0 Å². The van der Waals surface area contributed by atoms with Gasteiger partial charge in [-0.25, -0.2) is 9.59 Å². The van der Waals surface area contributed by atoms with E-state index in [1.807, 2.05) is 20.8 Å². The number of carboxylic acid groups (broad SMARTS) is 1. The van der Waals surface area contributed by atoms with Gasteiger partial charge >= 0.3 is 12.1 Å². The topological polar surface area (TPSA) is 88.4 Å². The lowest BCUT2D eigenvalue weighted by atomic mass is 9.64. The average Bonchev–Trinajstić information content (AvgIpc) is 2.82. The third-order valence-corrected chi connectivity index (χ3v) is 5.04. The molecule has 1 amide bonds. The van der Waals surface area contributed by atoms with Gasteiger partial charge in [0, 0.05) is 31.3 Å². The molecule has 1 N–H and O–H groups in total. The molecule has 2 unspecified atom stereocenters. The van der Waals surface area contributed by atoms with Crippen molar-refractivity contribution in [3.05, 3.63) is 0 Å². The zero-order chi connectivity index (χ0) is 16.8. The summed E-state index contributed by atoms with van der Waals surface area (Å²) in [6.07, 6.45) is 2.93. The number of oxime groups is 1. The minimum absolute atomic E-state index is 0.0904. The van der Waals surface area contributed by atoms with Crippen molar-refractivity contribution in [1.82, 2.24) is 4.90 Å². The molecule has 1 saturated carbocycles. The van der Waals surface area contributed by atoms with E-state index in [2.05, 4.69) is 5.16 Å². The Balaban J connectivity index is 1.75. The maximum Gasteiger partial charge on any atom is 0.410 e. The summed E-state index contributed by atoms with van der Waals surface area (Å²) in [6.45, 7) is 6.63. The molecule has 2 bridgehead atoms. The molecular formula is C16H24N2O5. The summed E-state index contributed by atoms with van der Waals surface area (Å²) in [5.74, 6) is -0.819. The summed E-state index contributed by atoms with van der Waals surface area (Å²) in [5.41, 5.74) is -0.984. The van der Waals surface area contributed by atoms with E-state index in [0.717, 1.165) is 19.3 Å². The van der Waals surface area contributed by atoms with Gasteiger partial charge in [0.15, 0.2) is 11.3 Å². The molecule has 0 radical (unpaired) electrons. The first kappa shape index (κ1) is 16.1. The van der Waals surface area contributed by atoms with Crippen LogP contribution in [0, 0.1) is 11.8 Å². The average molecular weight is 324 g/mol. The third kappa shape index (κ3) is 2.88. The summed E-state index contributed by atoms with van der Waals surface area (Å²) in [4.78, 5) is 31.0. The van der Waals surface area contributed by atoms with Crippen LogP contribution in [0.2, 0.25) is 0 Å². The molecule has 3 rings (SSSR count). The summed E-state index contributed by atoms with van der Waals surface area (Å²) >= 11 is 0. The summed E-state index contributed by atoms with van der Waals surface area (Å²) in [5, 5.41) is 13.0. The molecule has 1 saturated heterocycles. The number of carbonyl (C=O) groups excluding carboxylic acids is 1. The molecule has 0 aromatic heterocycles. The molecular weight excluding hydrogens is 300 g/mol. The first-order valence-corrected chi connectivity index (χ1v) is 8.17. The van der Waals surface area contributed by atoms with Crippen LogP contribution in [0.25, 0.3) is 0 Å². The van der Waals surface area contributed by atoms with Crippen molar-refractivity contribution in [3.63, 3.8) is 0 Å². The van der Waals surface area contributed by atoms with Gasteiger partial charge in [-0.2, -0.15) is 0 Å². The molecule has 0 aromatic carbocycles. The van der Waals surface area contributed by atoms with Gasteiger partial charge in [0.05, 0.1) is 0 Å². The van der Waals surface area contributed by atoms with Gasteiger partial charge in [-0.15, -0.1) is 0 Å². The lowest BCUT2D eigenvalue weighted by Crippen LogP contribution is -2.61. The lowest BCUT2D eigenvalue weighted by Gasteiger charge is -2.51. The van der Waals surface area contributed by atoms with E-state index in [-0.39, 0.29) is 23.6 Å². The second-order valence-corrected chi connectivity index (χ2v) is 7.78. The number of piperidine rings is 1. The number of aliphatic carboxylic acids is 1. The zero-order valence-corrected chi connectivity index (χ0v) is 13.9. The number of carbonyl (C=O) groups is 2. The van der Waals surface area contributed by atoms with E-state index in [4.69, 9.17) is 14.7 Å². The Morgan fingerprint density at radius 3 is 2.39 bits per heavy atom. The third-order valence-electron chi connectivity index (χ3n) is 5.04. The predicted molar refractivity (Wildman–Crippen MR) is 82.1 cm³/mol. The van der Waals surface area contributed by atoms with Gasteiger partial charge in [0.1, 0.15) is 5.60 Å². The first-order chi connectivity index (χ1) is 10.7. The highest BCUT2D eigenvalue weighted by Crippen LogP contribution is 2.49. The molecule has 2 fully saturated rings. The van der Waals surface area contributed by atoms with Crippen molar-refractivity contribution < 1.29 is 24.3 Å². The standard InChI is InChI=1S/C16H24N2O5/c1-15(2,3)22-14(21)18-8-10-5-4-6-11(9-18)16(10)7-12(13(19)20)17-23-16/h10-11H,4-9H2,1-3H3,(H,19,20). The molecule has 3 aliphatic rings. The van der Waals surface area contributed by atoms with Gasteiger partial charge in [-0.3, -0.25) is 0 Å². The van der Waals surface area contributed by atoms with E-state index >= 15 is 0 Å². The monoisotopic (exact) mass is 324 g/mol. The summed E-state index contributed by atoms with van der Waals surface area (Å²) < 4.78 is 5.48. The highest BCUT2D eigenvalue weighted by molar-refractivity contribution is 6.36. The normalized spacial score (nSPS) is 33.2. The van der Waals surface area contributed by atoms with E-state index < -0.39 is 17.2 Å². The Labute approximate surface area is 135 Å². The quantitative estimate of drug-likeness (QED) is 0.799. The van der Waals surface area contributed by atoms with Gasteiger partial charge in [0.2, 0.25) is 0 Å². The highest BCUT2D eigenvalue weighted by atomic mass is 16.7. The number of carboxylic acids is 1. The molecule has 128 valence electrons. The van der Waals surface area contributed by atoms with Crippen LogP contribution >= 0.6 is 0 Å². The number of nitrogens with zero attached hydrogens (tertiary/aromatic N) is 2. The van der Waals surface area contributed by atoms with Crippen LogP contribution in [0.5, 0.6) is 0 Å². The Morgan fingerprint density at radius 1 is 1.30 bits per heavy atom. The first-order valence-electron chi connectivity index (χ1n) is 8.17. The fraction of sp³-hybridized carbons (Fsp3) is 0.812. The van der Waals surface area contributed by atoms with Crippen molar-refractivity contribution in [3.8, 4) is 0 Å². The Kier molecular flexibility index (Phi) is 3.77. The van der Waals surface area contributed by atoms with Crippen molar-refractivity contribution in [2.75, 3.05) is 13.1 Å². The summed E-state index contributed by atoms with van der Waals surface area (Å²) in [6, 6.07) is 0. The van der Waals surface area contributed by atoms with Crippen LogP contribution in [0.4, 0.5) is 4.79 Å². The molecule has 2 heterocycles. The Hall–Kier alpha value is -1.79. The van der Waals surface area contributed by atoms with Crippen LogP contribution in [0.1, 0.15) is 46.5 Å². The predicted octanol–water partition coefficient (Wildman–Crippen LogP) is 2.25. The summed E-state index contributed by atoms with van der Waals surface area (Å²) in [7, 11) is 0. The molecule has 1 spiro atoms. The molecule has 7 heteroatoms. The van der Waals surface area contributed by atoms with Gasteiger partial charge in [0.25, 0.3) is 0 Å². The number of rotatable bonds is 1. The van der Waals surface area contributed by atoms with E-state index in [9.17, 15) is 9.59 Å². The van der Waals surface area contributed by atoms with Crippen LogP contribution in [-0.4, -0.2) is 52.1 Å². The second kappa shape index (κ2) is 5.39. The zero-order valence-electron chi connectivity index (χ0n) is 13.9. The SMILES string of the molecule is CC(C)(C)OC(=O)N1CC2CCCC(C1)C21CC(C(=O)O)=NO1. The number of amides is 1. The Bertz CT molecular complexity index is 537. The fourth-order valence-electron chi connectivity index (χ4n) is 4.03. The van der Waals surface area contributed by atoms with E-state index in [1.165, 1.54) is 0 Å². The molecule has 7 nitrogen and oxygen atoms in total. The number of likely N-dealkylation sites (tertiary alicyclic amines) is 1. The molecule has 2 atom stereocenters. The van der Waals surface area contributed by atoms with Crippen LogP contribution in [-0.2, 0) is 14.4 Å². The largest absolute Gasteiger partial charge is 0.477 e. The molecule has 0 aromatic rings. The minimum Gasteiger partial charge on any atom is -0.477 e. The smallest absolute Gasteiger partial charge is 0.410 e. The van der Waals surface area contributed by atoms with Crippen molar-refractivity contribution in [2.45, 2.75) is 57.7 Å². The van der Waals surface area contributed by atoms with Gasteiger partial charge in [-0.05, 0) is 33.6 Å². The molecule has 23 heavy (non-hydrogen) atoms. The number of ether oxygens (including phenoxy) is 1. The van der Waals surface area contributed by atoms with Crippen molar-refractivity contribution in [1.29, 1.82) is 0 Å². The van der Waals surface area contributed by atoms with E-state index in [1.54, 1.807) is 4.90 Å². The van der Waals surface area contributed by atoms with Crippen LogP contribution in [0.3, 0.4) is 0 Å². The fourth-order valence-corrected chi connectivity index (χ4v) is 4.03. The maximum atomic E-state index is 12.4. The van der Waals surface area contributed by atoms with Crippen LogP contribution in [0.15, 0.2) is 5.16 Å². The number of hydrogen-bond donors (Lipinski definition) is 1. The highest BCUT2D eigenvalue weighted by Gasteiger charge is 2.58. The maximum absolute atomic E-state index is 12.4. The van der Waals surface area contributed by atoms with E-state index in [0.29, 0.717) is 19.5 Å². The number of hydrogen-bond acceptors (Lipinski definition) is 5. The lowest BCUT2D eigenvalue weighted by molar-refractivity contribution is -0.159. The molecule has 2 aliphatic heterocycles.